The number of phenolic OH excluding ortho intramolecular Hbond substituents is 2. The van der Waals surface area contributed by atoms with Crippen LogP contribution in [0.3, 0.4) is 0 Å². The largest absolute Gasteiger partial charge is 0.507 e. The number of methoxy groups -OCH3 is 1. The monoisotopic (exact) mass is 638 g/mol. The summed E-state index contributed by atoms with van der Waals surface area (Å²) < 4.78 is 17.6. The van der Waals surface area contributed by atoms with Crippen LogP contribution in [-0.4, -0.2) is 99.4 Å². The molecule has 1 fully saturated rings. The highest BCUT2D eigenvalue weighted by Gasteiger charge is 2.49. The quantitative estimate of drug-likeness (QED) is 0.146. The number of hydrogen-bond acceptors (Lipinski definition) is 11. The van der Waals surface area contributed by atoms with Gasteiger partial charge in [-0.2, -0.15) is 0 Å². The van der Waals surface area contributed by atoms with E-state index in [9.17, 15) is 34.8 Å². The highest BCUT2D eigenvalue weighted by Crippen LogP contribution is 2.52. The first kappa shape index (κ1) is 33.5. The summed E-state index contributed by atoms with van der Waals surface area (Å²) in [5, 5.41) is 45.6. The minimum absolute atomic E-state index is 0.0110. The van der Waals surface area contributed by atoms with Crippen molar-refractivity contribution in [2.75, 3.05) is 20.2 Å². The van der Waals surface area contributed by atoms with E-state index in [4.69, 9.17) is 14.2 Å². The second-order valence-corrected chi connectivity index (χ2v) is 12.3. The van der Waals surface area contributed by atoms with E-state index in [0.29, 0.717) is 0 Å². The molecule has 2 aromatic rings. The maximum absolute atomic E-state index is 13.8. The lowest BCUT2D eigenvalue weighted by atomic mass is 9.72. The van der Waals surface area contributed by atoms with Crippen molar-refractivity contribution in [1.29, 1.82) is 0 Å². The molecule has 2 aromatic carbocycles. The Morgan fingerprint density at radius 1 is 1.11 bits per heavy atom. The summed E-state index contributed by atoms with van der Waals surface area (Å²) in [7, 11) is 1.35. The topological polar surface area (TPSA) is 175 Å². The van der Waals surface area contributed by atoms with Crippen molar-refractivity contribution >= 4 is 23.7 Å². The molecule has 0 aromatic heterocycles. The van der Waals surface area contributed by atoms with Gasteiger partial charge in [0.1, 0.15) is 29.0 Å². The van der Waals surface area contributed by atoms with E-state index in [1.807, 2.05) is 0 Å². The van der Waals surface area contributed by atoms with Crippen molar-refractivity contribution in [2.24, 2.45) is 4.99 Å². The number of benzene rings is 2. The molecule has 12 nitrogen and oxygen atoms in total. The van der Waals surface area contributed by atoms with E-state index >= 15 is 0 Å². The van der Waals surface area contributed by atoms with Crippen LogP contribution in [0.2, 0.25) is 0 Å². The zero-order valence-electron chi connectivity index (χ0n) is 26.8. The van der Waals surface area contributed by atoms with Crippen molar-refractivity contribution in [3.8, 4) is 17.2 Å². The van der Waals surface area contributed by atoms with E-state index in [2.05, 4.69) is 23.7 Å². The maximum atomic E-state index is 13.8. The highest BCUT2D eigenvalue weighted by atomic mass is 16.7. The van der Waals surface area contributed by atoms with Gasteiger partial charge in [0.2, 0.25) is 5.78 Å². The lowest BCUT2D eigenvalue weighted by Crippen LogP contribution is -2.49. The number of aliphatic hydroxyl groups is 2. The van der Waals surface area contributed by atoms with Gasteiger partial charge >= 0.3 is 0 Å². The molecule has 4 N–H and O–H groups in total. The first-order valence-electron chi connectivity index (χ1n) is 15.7. The zero-order chi connectivity index (χ0) is 33.5. The minimum Gasteiger partial charge on any atom is -0.507 e. The van der Waals surface area contributed by atoms with Gasteiger partial charge in [-0.25, -0.2) is 0 Å². The fourth-order valence-corrected chi connectivity index (χ4v) is 6.73. The van der Waals surface area contributed by atoms with E-state index in [1.54, 1.807) is 13.3 Å². The van der Waals surface area contributed by atoms with Gasteiger partial charge in [0, 0.05) is 49.0 Å². The summed E-state index contributed by atoms with van der Waals surface area (Å²) in [6, 6.07) is 3.87. The first-order valence-corrected chi connectivity index (χ1v) is 15.7. The number of Topliss-reactive ketones (excluding diaryl/α,β-unsaturated/α-hetero) is 1. The summed E-state index contributed by atoms with van der Waals surface area (Å²) in [5.74, 6) is -3.14. The molecule has 1 aliphatic heterocycles. The number of aromatic hydroxyl groups is 2. The van der Waals surface area contributed by atoms with Gasteiger partial charge in [0.15, 0.2) is 17.9 Å². The zero-order valence-corrected chi connectivity index (χ0v) is 26.8. The predicted octanol–water partition coefficient (Wildman–Crippen LogP) is 3.22. The average molecular weight is 639 g/mol. The number of carbonyl (C=O) groups is 3. The number of hydrogen-bond donors (Lipinski definition) is 4. The number of ether oxygens (including phenoxy) is 3. The number of aliphatic imine (C=N–C) groups is 1. The SMILES string of the molecule is CCCN(C=N[C@@H]1CC(O[C@H]2CC(O)(C(C)=O)Cc3c(O)c4c(c(O)c32)C(=O)c2c(OC)cccc2C4=O)OC(C)C1O)CCC. The molecule has 6 atom stereocenters. The second kappa shape index (κ2) is 13.1. The molecule has 0 amide bonds. The van der Waals surface area contributed by atoms with Gasteiger partial charge in [-0.05, 0) is 32.8 Å². The van der Waals surface area contributed by atoms with E-state index in [-0.39, 0.29) is 40.8 Å². The summed E-state index contributed by atoms with van der Waals surface area (Å²) in [4.78, 5) is 47.0. The molecular weight excluding hydrogens is 596 g/mol. The van der Waals surface area contributed by atoms with Gasteiger partial charge in [-0.1, -0.05) is 26.0 Å². The molecule has 1 saturated heterocycles. The Kier molecular flexibility index (Phi) is 9.55. The molecular formula is C34H42N2O10. The number of rotatable bonds is 10. The molecule has 12 heteroatoms. The molecule has 0 spiro atoms. The van der Waals surface area contributed by atoms with Crippen LogP contribution in [-0.2, 0) is 20.7 Å². The van der Waals surface area contributed by atoms with Crippen molar-refractivity contribution < 1.29 is 49.0 Å². The molecule has 0 saturated carbocycles. The summed E-state index contributed by atoms with van der Waals surface area (Å²) in [5.41, 5.74) is -3.02. The summed E-state index contributed by atoms with van der Waals surface area (Å²) in [6.45, 7) is 8.62. The number of ketones is 3. The van der Waals surface area contributed by atoms with E-state index in [0.717, 1.165) is 25.9 Å². The number of fused-ring (bicyclic) bond motifs is 3. The molecule has 3 aliphatic rings. The molecule has 4 unspecified atom stereocenters. The van der Waals surface area contributed by atoms with Gasteiger partial charge in [-0.15, -0.1) is 0 Å². The fraction of sp³-hybridized carbons (Fsp3) is 0.529. The second-order valence-electron chi connectivity index (χ2n) is 12.3. The molecule has 2 aliphatic carbocycles. The van der Waals surface area contributed by atoms with Crippen molar-refractivity contribution in [1.82, 2.24) is 4.90 Å². The Balaban J connectivity index is 1.56. The summed E-state index contributed by atoms with van der Waals surface area (Å²) >= 11 is 0. The van der Waals surface area contributed by atoms with Gasteiger partial charge in [-0.3, -0.25) is 19.4 Å². The highest BCUT2D eigenvalue weighted by molar-refractivity contribution is 6.31. The maximum Gasteiger partial charge on any atom is 0.202 e. The van der Waals surface area contributed by atoms with Crippen LogP contribution in [0.25, 0.3) is 0 Å². The molecule has 0 radical (unpaired) electrons. The van der Waals surface area contributed by atoms with Gasteiger partial charge in [0.05, 0.1) is 48.4 Å². The average Bonchev–Trinajstić information content (AvgIpc) is 3.01. The molecule has 46 heavy (non-hydrogen) atoms. The minimum atomic E-state index is -2.02. The number of aliphatic hydroxyl groups excluding tert-OH is 1. The first-order chi connectivity index (χ1) is 21.9. The Bertz CT molecular complexity index is 1570. The van der Waals surface area contributed by atoms with Crippen LogP contribution < -0.4 is 4.74 Å². The van der Waals surface area contributed by atoms with Crippen LogP contribution in [0, 0.1) is 0 Å². The third kappa shape index (κ3) is 5.79. The Morgan fingerprint density at radius 2 is 1.78 bits per heavy atom. The van der Waals surface area contributed by atoms with Gasteiger partial charge in [0.25, 0.3) is 0 Å². The third-order valence-electron chi connectivity index (χ3n) is 9.17. The van der Waals surface area contributed by atoms with Crippen molar-refractivity contribution in [2.45, 2.75) is 96.0 Å². The smallest absolute Gasteiger partial charge is 0.202 e. The van der Waals surface area contributed by atoms with Crippen LogP contribution in [0.1, 0.15) is 102 Å². The summed E-state index contributed by atoms with van der Waals surface area (Å²) in [6.07, 6.45) is -0.938. The Hall–Kier alpha value is -3.84. The predicted molar refractivity (Wildman–Crippen MR) is 167 cm³/mol. The normalized spacial score (nSPS) is 27.2. The van der Waals surface area contributed by atoms with Crippen LogP contribution in [0.4, 0.5) is 0 Å². The number of phenols is 2. The Morgan fingerprint density at radius 3 is 2.41 bits per heavy atom. The van der Waals surface area contributed by atoms with Crippen LogP contribution in [0.5, 0.6) is 17.2 Å². The molecule has 5 rings (SSSR count). The Labute approximate surface area is 267 Å². The van der Waals surface area contributed by atoms with Crippen LogP contribution in [0.15, 0.2) is 23.2 Å². The molecule has 248 valence electrons. The molecule has 1 heterocycles. The fourth-order valence-electron chi connectivity index (χ4n) is 6.73. The van der Waals surface area contributed by atoms with Gasteiger partial charge < -0.3 is 39.5 Å². The molecule has 0 bridgehead atoms. The number of nitrogens with zero attached hydrogens (tertiary/aromatic N) is 2. The van der Waals surface area contributed by atoms with Crippen molar-refractivity contribution in [3.05, 3.63) is 51.6 Å². The van der Waals surface area contributed by atoms with E-state index in [1.165, 1.54) is 32.2 Å². The number of carbonyl (C=O) groups excluding carboxylic acids is 3. The van der Waals surface area contributed by atoms with Crippen LogP contribution >= 0.6 is 0 Å². The van der Waals surface area contributed by atoms with E-state index < -0.39 is 82.6 Å². The standard InChI is InChI=1S/C34H42N2O10/c1-6-11-36(12-7-2)16-35-21-13-24(45-17(3)29(21)38)46-23-15-34(43,18(4)37)14-20-26(23)33(42)28-27(31(20)40)30(39)19-9-8-10-22(44-5)25(19)32(28)41/h8-10,16-17,21,23-24,29,38,40,42-43H,6-7,11-15H2,1-5H3/t17?,21-,23+,24?,29?,34?/m1/s1. The lowest BCUT2D eigenvalue weighted by Gasteiger charge is -2.42. The van der Waals surface area contributed by atoms with Crippen molar-refractivity contribution in [3.63, 3.8) is 0 Å². The third-order valence-corrected chi connectivity index (χ3v) is 9.17. The lowest BCUT2D eigenvalue weighted by molar-refractivity contribution is -0.246.